The molecule has 36 heavy (non-hydrogen) atoms. The number of aliphatic hydroxyl groups excluding tert-OH is 1. The summed E-state index contributed by atoms with van der Waals surface area (Å²) in [5.41, 5.74) is 1.70. The maximum absolute atomic E-state index is 13.0. The third-order valence-corrected chi connectivity index (χ3v) is 6.32. The first kappa shape index (κ1) is 25.2. The number of aryl methyl sites for hydroxylation is 1. The summed E-state index contributed by atoms with van der Waals surface area (Å²) >= 11 is 5.88. The van der Waals surface area contributed by atoms with Gasteiger partial charge in [-0.25, -0.2) is 9.78 Å². The van der Waals surface area contributed by atoms with Crippen molar-refractivity contribution in [2.45, 2.75) is 32.0 Å². The number of anilines is 3. The quantitative estimate of drug-likeness (QED) is 0.470. The number of likely N-dealkylation sites (tertiary alicyclic amines) is 1. The van der Waals surface area contributed by atoms with E-state index in [2.05, 4.69) is 15.6 Å². The summed E-state index contributed by atoms with van der Waals surface area (Å²) in [6.45, 7) is 2.04. The molecular weight excluding hydrogens is 484 g/mol. The number of nitrogens with zero attached hydrogens (tertiary/aromatic N) is 4. The molecule has 2 atom stereocenters. The highest BCUT2D eigenvalue weighted by Gasteiger charge is 2.39. The van der Waals surface area contributed by atoms with Crippen molar-refractivity contribution in [3.05, 3.63) is 71.8 Å². The van der Waals surface area contributed by atoms with Crippen LogP contribution in [-0.4, -0.2) is 63.1 Å². The first-order chi connectivity index (χ1) is 17.2. The van der Waals surface area contributed by atoms with Crippen LogP contribution in [0.15, 0.2) is 60.9 Å². The Morgan fingerprint density at radius 2 is 1.72 bits per heavy atom. The third kappa shape index (κ3) is 5.84. The predicted molar refractivity (Wildman–Crippen MR) is 137 cm³/mol. The van der Waals surface area contributed by atoms with Crippen LogP contribution in [0.3, 0.4) is 0 Å². The molecule has 0 saturated carbocycles. The second-order valence-corrected chi connectivity index (χ2v) is 9.02. The Kier molecular flexibility index (Phi) is 7.56. The Bertz CT molecular complexity index is 1240. The summed E-state index contributed by atoms with van der Waals surface area (Å²) in [6, 6.07) is 12.1. The zero-order valence-corrected chi connectivity index (χ0v) is 20.6. The second kappa shape index (κ2) is 10.8. The lowest BCUT2D eigenvalue weighted by Crippen LogP contribution is -2.45. The SMILES string of the molecule is Cc1nccn1CC(=O)N(C)c1ccc(NC(=O)[C@H]2C[C@@H](O)CN2C(=O)Nc2ccc(Cl)cc2)cc1. The van der Waals surface area contributed by atoms with Crippen LogP contribution in [-0.2, 0) is 16.1 Å². The first-order valence-corrected chi connectivity index (χ1v) is 11.8. The average molecular weight is 511 g/mol. The number of benzene rings is 2. The Morgan fingerprint density at radius 3 is 2.36 bits per heavy atom. The van der Waals surface area contributed by atoms with E-state index in [-0.39, 0.29) is 25.4 Å². The molecule has 2 aromatic carbocycles. The highest BCUT2D eigenvalue weighted by molar-refractivity contribution is 6.30. The number of aliphatic hydroxyl groups is 1. The lowest BCUT2D eigenvalue weighted by Gasteiger charge is -2.24. The van der Waals surface area contributed by atoms with Crippen molar-refractivity contribution >= 4 is 46.5 Å². The van der Waals surface area contributed by atoms with Crippen LogP contribution < -0.4 is 15.5 Å². The predicted octanol–water partition coefficient (Wildman–Crippen LogP) is 3.11. The van der Waals surface area contributed by atoms with Crippen LogP contribution in [0.4, 0.5) is 21.9 Å². The molecule has 3 N–H and O–H groups in total. The van der Waals surface area contributed by atoms with Gasteiger partial charge in [-0.3, -0.25) is 9.59 Å². The van der Waals surface area contributed by atoms with E-state index < -0.39 is 24.1 Å². The number of amides is 4. The van der Waals surface area contributed by atoms with Gasteiger partial charge in [0, 0.05) is 54.5 Å². The van der Waals surface area contributed by atoms with Crippen molar-refractivity contribution in [1.82, 2.24) is 14.5 Å². The molecule has 0 spiro atoms. The fourth-order valence-corrected chi connectivity index (χ4v) is 4.10. The van der Waals surface area contributed by atoms with E-state index in [4.69, 9.17) is 11.6 Å². The molecular formula is C25H27ClN6O4. The zero-order valence-electron chi connectivity index (χ0n) is 19.9. The van der Waals surface area contributed by atoms with E-state index >= 15 is 0 Å². The number of carbonyl (C=O) groups excluding carboxylic acids is 3. The molecule has 0 unspecified atom stereocenters. The molecule has 3 aromatic rings. The molecule has 2 heterocycles. The van der Waals surface area contributed by atoms with E-state index in [0.717, 1.165) is 5.82 Å². The minimum absolute atomic E-state index is 0.0414. The number of halogens is 1. The normalized spacial score (nSPS) is 17.1. The Balaban J connectivity index is 1.37. The van der Waals surface area contributed by atoms with Crippen molar-refractivity contribution in [1.29, 1.82) is 0 Å². The molecule has 4 amide bonds. The summed E-state index contributed by atoms with van der Waals surface area (Å²) in [6.07, 6.45) is 2.71. The number of hydrogen-bond acceptors (Lipinski definition) is 5. The van der Waals surface area contributed by atoms with Gasteiger partial charge in [0.2, 0.25) is 11.8 Å². The molecule has 188 valence electrons. The number of nitrogens with one attached hydrogen (secondary N) is 2. The third-order valence-electron chi connectivity index (χ3n) is 6.06. The Hall–Kier alpha value is -3.89. The fraction of sp³-hybridized carbons (Fsp3) is 0.280. The van der Waals surface area contributed by atoms with E-state index in [0.29, 0.717) is 22.1 Å². The number of rotatable bonds is 6. The van der Waals surface area contributed by atoms with Gasteiger partial charge in [-0.15, -0.1) is 0 Å². The smallest absolute Gasteiger partial charge is 0.322 e. The molecule has 11 heteroatoms. The van der Waals surface area contributed by atoms with Crippen molar-refractivity contribution in [3.8, 4) is 0 Å². The van der Waals surface area contributed by atoms with Crippen molar-refractivity contribution in [2.75, 3.05) is 29.1 Å². The summed E-state index contributed by atoms with van der Waals surface area (Å²) < 4.78 is 1.76. The Labute approximate surface area is 213 Å². The van der Waals surface area contributed by atoms with Gasteiger partial charge in [-0.1, -0.05) is 11.6 Å². The van der Waals surface area contributed by atoms with Gasteiger partial charge in [-0.05, 0) is 55.5 Å². The fourth-order valence-electron chi connectivity index (χ4n) is 3.98. The number of carbonyl (C=O) groups is 3. The minimum Gasteiger partial charge on any atom is -0.391 e. The van der Waals surface area contributed by atoms with Crippen LogP contribution in [0.1, 0.15) is 12.2 Å². The molecule has 1 aliphatic heterocycles. The molecule has 0 bridgehead atoms. The van der Waals surface area contributed by atoms with E-state index in [1.807, 2.05) is 6.92 Å². The van der Waals surface area contributed by atoms with E-state index in [9.17, 15) is 19.5 Å². The number of imidazole rings is 1. The van der Waals surface area contributed by atoms with Gasteiger partial charge in [0.1, 0.15) is 18.4 Å². The minimum atomic E-state index is -0.838. The van der Waals surface area contributed by atoms with Crippen molar-refractivity contribution in [2.24, 2.45) is 0 Å². The number of aromatic nitrogens is 2. The van der Waals surface area contributed by atoms with Crippen molar-refractivity contribution < 1.29 is 19.5 Å². The van der Waals surface area contributed by atoms with Gasteiger partial charge < -0.3 is 30.1 Å². The lowest BCUT2D eigenvalue weighted by atomic mass is 10.1. The first-order valence-electron chi connectivity index (χ1n) is 11.4. The summed E-state index contributed by atoms with van der Waals surface area (Å²) in [7, 11) is 1.68. The van der Waals surface area contributed by atoms with Gasteiger partial charge in [0.15, 0.2) is 0 Å². The van der Waals surface area contributed by atoms with E-state index in [1.54, 1.807) is 72.5 Å². The van der Waals surface area contributed by atoms with Gasteiger partial charge in [0.05, 0.1) is 6.10 Å². The monoisotopic (exact) mass is 510 g/mol. The van der Waals surface area contributed by atoms with Crippen LogP contribution >= 0.6 is 11.6 Å². The summed E-state index contributed by atoms with van der Waals surface area (Å²) in [5, 5.41) is 16.2. The highest BCUT2D eigenvalue weighted by Crippen LogP contribution is 2.23. The number of likely N-dealkylation sites (N-methyl/N-ethyl adjacent to an activating group) is 1. The molecule has 0 radical (unpaired) electrons. The molecule has 1 fully saturated rings. The summed E-state index contributed by atoms with van der Waals surface area (Å²) in [5.74, 6) is 0.225. The number of urea groups is 1. The molecule has 10 nitrogen and oxygen atoms in total. The van der Waals surface area contributed by atoms with E-state index in [1.165, 1.54) is 9.80 Å². The van der Waals surface area contributed by atoms with Gasteiger partial charge in [-0.2, -0.15) is 0 Å². The maximum Gasteiger partial charge on any atom is 0.322 e. The second-order valence-electron chi connectivity index (χ2n) is 8.59. The Morgan fingerprint density at radius 1 is 1.08 bits per heavy atom. The molecule has 0 aliphatic carbocycles. The largest absolute Gasteiger partial charge is 0.391 e. The lowest BCUT2D eigenvalue weighted by molar-refractivity contribution is -0.120. The number of hydrogen-bond donors (Lipinski definition) is 3. The van der Waals surface area contributed by atoms with Crippen LogP contribution in [0.5, 0.6) is 0 Å². The van der Waals surface area contributed by atoms with Crippen LogP contribution in [0.2, 0.25) is 5.02 Å². The van der Waals surface area contributed by atoms with Crippen LogP contribution in [0.25, 0.3) is 0 Å². The highest BCUT2D eigenvalue weighted by atomic mass is 35.5. The standard InChI is InChI=1S/C25H27ClN6O4/c1-16-27-11-12-31(16)15-23(34)30(2)20-9-7-18(8-10-20)28-24(35)22-13-21(33)14-32(22)25(36)29-19-5-3-17(26)4-6-19/h3-12,21-22,33H,13-15H2,1-2H3,(H,28,35)(H,29,36)/t21-,22-/m1/s1. The van der Waals surface area contributed by atoms with Gasteiger partial charge >= 0.3 is 6.03 Å². The maximum atomic E-state index is 13.0. The average Bonchev–Trinajstić information content (AvgIpc) is 3.45. The topological polar surface area (TPSA) is 120 Å². The molecule has 1 aliphatic rings. The van der Waals surface area contributed by atoms with Gasteiger partial charge in [0.25, 0.3) is 0 Å². The zero-order chi connectivity index (χ0) is 25.8. The molecule has 1 saturated heterocycles. The van der Waals surface area contributed by atoms with Crippen LogP contribution in [0, 0.1) is 6.92 Å². The molecule has 1 aromatic heterocycles. The molecule has 4 rings (SSSR count). The number of β-amino-alcohol motifs (C(OH)–C–C–N with tert-alkyl or cyclic N) is 1. The van der Waals surface area contributed by atoms with Crippen molar-refractivity contribution in [3.63, 3.8) is 0 Å². The summed E-state index contributed by atoms with van der Waals surface area (Å²) in [4.78, 5) is 45.3.